The Bertz CT molecular complexity index is 465. The van der Waals surface area contributed by atoms with E-state index in [0.717, 1.165) is 45.5 Å². The van der Waals surface area contributed by atoms with Gasteiger partial charge in [0, 0.05) is 32.4 Å². The Kier molecular flexibility index (Phi) is 4.32. The summed E-state index contributed by atoms with van der Waals surface area (Å²) in [5.41, 5.74) is 1.40. The Morgan fingerprint density at radius 2 is 2.05 bits per heavy atom. The van der Waals surface area contributed by atoms with Gasteiger partial charge >= 0.3 is 0 Å². The number of piperidine rings is 1. The maximum atomic E-state index is 6.27. The van der Waals surface area contributed by atoms with E-state index in [9.17, 15) is 0 Å². The molecule has 2 aliphatic rings. The summed E-state index contributed by atoms with van der Waals surface area (Å²) in [6.45, 7) is 7.96. The zero-order valence-corrected chi connectivity index (χ0v) is 13.0. The van der Waals surface area contributed by atoms with Gasteiger partial charge in [-0.25, -0.2) is 0 Å². The molecule has 0 unspecified atom stereocenters. The number of likely N-dealkylation sites (tertiary alicyclic amines) is 1. The van der Waals surface area contributed by atoms with E-state index in [1.54, 1.807) is 0 Å². The summed E-state index contributed by atoms with van der Waals surface area (Å²) in [6.07, 6.45) is 5.46. The topological polar surface area (TPSA) is 15.7 Å². The van der Waals surface area contributed by atoms with Crippen LogP contribution >= 0.6 is 0 Å². The van der Waals surface area contributed by atoms with Crippen LogP contribution in [-0.2, 0) is 4.74 Å². The van der Waals surface area contributed by atoms with E-state index in [2.05, 4.69) is 53.8 Å². The van der Waals surface area contributed by atoms with Gasteiger partial charge in [-0.2, -0.15) is 0 Å². The molecule has 2 saturated heterocycles. The average Bonchev–Trinajstić information content (AvgIpc) is 2.94. The molecular weight excluding hydrogens is 260 g/mol. The van der Waals surface area contributed by atoms with Crippen molar-refractivity contribution in [3.8, 4) is 0 Å². The fourth-order valence-corrected chi connectivity index (χ4v) is 3.62. The first-order valence-electron chi connectivity index (χ1n) is 7.97. The summed E-state index contributed by atoms with van der Waals surface area (Å²) in [7, 11) is 2.19. The molecule has 3 rings (SSSR count). The lowest BCUT2D eigenvalue weighted by Crippen LogP contribution is -2.44. The quantitative estimate of drug-likeness (QED) is 0.792. The predicted octanol–water partition coefficient (Wildman–Crippen LogP) is 2.93. The van der Waals surface area contributed by atoms with Crippen molar-refractivity contribution in [3.05, 3.63) is 43.0 Å². The lowest BCUT2D eigenvalue weighted by Gasteiger charge is -2.38. The van der Waals surface area contributed by atoms with Crippen LogP contribution in [-0.4, -0.2) is 49.8 Å². The van der Waals surface area contributed by atoms with Crippen LogP contribution in [0.4, 0.5) is 5.69 Å². The molecule has 0 bridgehead atoms. The SMILES string of the molecule is C=CCN1CCC2(CC1)C[C@H](N(C)c1ccccc1)CO2. The van der Waals surface area contributed by atoms with Crippen molar-refractivity contribution in [1.82, 2.24) is 4.90 Å². The maximum Gasteiger partial charge on any atom is 0.0728 e. The van der Waals surface area contributed by atoms with Gasteiger partial charge in [0.1, 0.15) is 0 Å². The van der Waals surface area contributed by atoms with Crippen LogP contribution in [0.2, 0.25) is 0 Å². The van der Waals surface area contributed by atoms with Gasteiger partial charge in [-0.1, -0.05) is 24.3 Å². The van der Waals surface area contributed by atoms with Crippen LogP contribution < -0.4 is 4.90 Å². The maximum absolute atomic E-state index is 6.27. The molecule has 3 nitrogen and oxygen atoms in total. The fourth-order valence-electron chi connectivity index (χ4n) is 3.62. The van der Waals surface area contributed by atoms with Gasteiger partial charge in [-0.3, -0.25) is 4.90 Å². The number of anilines is 1. The van der Waals surface area contributed by atoms with Crippen LogP contribution in [0, 0.1) is 0 Å². The Morgan fingerprint density at radius 3 is 2.71 bits per heavy atom. The molecule has 2 aliphatic heterocycles. The van der Waals surface area contributed by atoms with E-state index in [0.29, 0.717) is 6.04 Å². The van der Waals surface area contributed by atoms with Crippen LogP contribution in [0.15, 0.2) is 43.0 Å². The molecule has 1 spiro atoms. The van der Waals surface area contributed by atoms with Crippen LogP contribution in [0.1, 0.15) is 19.3 Å². The largest absolute Gasteiger partial charge is 0.373 e. The molecule has 114 valence electrons. The van der Waals surface area contributed by atoms with Crippen LogP contribution in [0.3, 0.4) is 0 Å². The molecular formula is C18H26N2O. The third-order valence-corrected chi connectivity index (χ3v) is 5.06. The van der Waals surface area contributed by atoms with E-state index in [-0.39, 0.29) is 5.60 Å². The Hall–Kier alpha value is -1.32. The molecule has 0 amide bonds. The van der Waals surface area contributed by atoms with E-state index < -0.39 is 0 Å². The van der Waals surface area contributed by atoms with Gasteiger partial charge in [-0.05, 0) is 31.4 Å². The monoisotopic (exact) mass is 286 g/mol. The second-order valence-corrected chi connectivity index (χ2v) is 6.39. The zero-order chi connectivity index (χ0) is 14.7. The number of para-hydroxylation sites is 1. The zero-order valence-electron chi connectivity index (χ0n) is 13.0. The van der Waals surface area contributed by atoms with Crippen molar-refractivity contribution in [2.24, 2.45) is 0 Å². The summed E-state index contributed by atoms with van der Waals surface area (Å²) in [6, 6.07) is 11.1. The fraction of sp³-hybridized carbons (Fsp3) is 0.556. The Morgan fingerprint density at radius 1 is 1.33 bits per heavy atom. The van der Waals surface area contributed by atoms with E-state index in [4.69, 9.17) is 4.74 Å². The number of rotatable bonds is 4. The van der Waals surface area contributed by atoms with Crippen LogP contribution in [0.25, 0.3) is 0 Å². The molecule has 0 N–H and O–H groups in total. The van der Waals surface area contributed by atoms with Crippen molar-refractivity contribution in [2.75, 3.05) is 38.2 Å². The highest BCUT2D eigenvalue weighted by molar-refractivity contribution is 5.46. The van der Waals surface area contributed by atoms with Crippen molar-refractivity contribution in [3.63, 3.8) is 0 Å². The van der Waals surface area contributed by atoms with Gasteiger partial charge in [0.2, 0.25) is 0 Å². The molecule has 2 heterocycles. The highest BCUT2D eigenvalue weighted by Gasteiger charge is 2.43. The van der Waals surface area contributed by atoms with Gasteiger partial charge in [0.05, 0.1) is 18.2 Å². The first-order valence-corrected chi connectivity index (χ1v) is 7.97. The number of benzene rings is 1. The van der Waals surface area contributed by atoms with E-state index in [1.807, 2.05) is 6.08 Å². The lowest BCUT2D eigenvalue weighted by molar-refractivity contribution is -0.0415. The number of nitrogens with zero attached hydrogens (tertiary/aromatic N) is 2. The Labute approximate surface area is 128 Å². The molecule has 0 aliphatic carbocycles. The average molecular weight is 286 g/mol. The third-order valence-electron chi connectivity index (χ3n) is 5.06. The number of likely N-dealkylation sites (N-methyl/N-ethyl adjacent to an activating group) is 1. The molecule has 1 aromatic carbocycles. The number of hydrogen-bond acceptors (Lipinski definition) is 3. The summed E-state index contributed by atoms with van der Waals surface area (Å²) < 4.78 is 6.27. The smallest absolute Gasteiger partial charge is 0.0728 e. The second kappa shape index (κ2) is 6.20. The van der Waals surface area contributed by atoms with Gasteiger partial charge in [0.25, 0.3) is 0 Å². The molecule has 3 heteroatoms. The minimum Gasteiger partial charge on any atom is -0.373 e. The third kappa shape index (κ3) is 3.14. The summed E-state index contributed by atoms with van der Waals surface area (Å²) >= 11 is 0. The van der Waals surface area contributed by atoms with Crippen molar-refractivity contribution in [2.45, 2.75) is 30.9 Å². The van der Waals surface area contributed by atoms with Crippen molar-refractivity contribution >= 4 is 5.69 Å². The first kappa shape index (κ1) is 14.6. The molecule has 0 aromatic heterocycles. The minimum absolute atomic E-state index is 0.116. The van der Waals surface area contributed by atoms with Crippen molar-refractivity contribution in [1.29, 1.82) is 0 Å². The highest BCUT2D eigenvalue weighted by Crippen LogP contribution is 2.38. The number of ether oxygens (including phenoxy) is 1. The lowest BCUT2D eigenvalue weighted by atomic mass is 9.87. The molecule has 0 radical (unpaired) electrons. The molecule has 2 fully saturated rings. The summed E-state index contributed by atoms with van der Waals surface area (Å²) in [5, 5.41) is 0. The normalized spacial score (nSPS) is 25.1. The molecule has 21 heavy (non-hydrogen) atoms. The first-order chi connectivity index (χ1) is 10.2. The summed E-state index contributed by atoms with van der Waals surface area (Å²) in [4.78, 5) is 4.85. The van der Waals surface area contributed by atoms with E-state index >= 15 is 0 Å². The highest BCUT2D eigenvalue weighted by atomic mass is 16.5. The number of hydrogen-bond donors (Lipinski definition) is 0. The van der Waals surface area contributed by atoms with E-state index in [1.165, 1.54) is 5.69 Å². The second-order valence-electron chi connectivity index (χ2n) is 6.39. The van der Waals surface area contributed by atoms with Gasteiger partial charge in [0.15, 0.2) is 0 Å². The standard InChI is InChI=1S/C18H26N2O/c1-3-11-20-12-9-18(10-13-20)14-17(15-21-18)19(2)16-7-5-4-6-8-16/h3-8,17H,1,9-15H2,2H3/t17-/m0/s1. The van der Waals surface area contributed by atoms with Crippen molar-refractivity contribution < 1.29 is 4.74 Å². The van der Waals surface area contributed by atoms with Gasteiger partial charge in [-0.15, -0.1) is 6.58 Å². The summed E-state index contributed by atoms with van der Waals surface area (Å²) in [5.74, 6) is 0. The Balaban J connectivity index is 1.59. The molecule has 1 atom stereocenters. The molecule has 1 aromatic rings. The predicted molar refractivity (Wildman–Crippen MR) is 87.8 cm³/mol. The minimum atomic E-state index is 0.116. The molecule has 0 saturated carbocycles. The van der Waals surface area contributed by atoms with Gasteiger partial charge < -0.3 is 9.64 Å². The van der Waals surface area contributed by atoms with Crippen LogP contribution in [0.5, 0.6) is 0 Å².